The van der Waals surface area contributed by atoms with E-state index < -0.39 is 5.97 Å². The van der Waals surface area contributed by atoms with Crippen LogP contribution in [0.2, 0.25) is 0 Å². The first-order valence-corrected chi connectivity index (χ1v) is 10.2. The molecule has 0 aliphatic carbocycles. The maximum Gasteiger partial charge on any atom is 0.339 e. The smallest absolute Gasteiger partial charge is 0.339 e. The molecule has 1 aliphatic heterocycles. The van der Waals surface area contributed by atoms with Gasteiger partial charge in [-0.2, -0.15) is 10.2 Å². The Balaban J connectivity index is 1.43. The average molecular weight is 434 g/mol. The highest BCUT2D eigenvalue weighted by molar-refractivity contribution is 6.02. The number of nitriles is 1. The van der Waals surface area contributed by atoms with E-state index in [1.54, 1.807) is 24.3 Å². The maximum absolute atomic E-state index is 12.9. The molecular weight excluding hydrogens is 412 g/mol. The first kappa shape index (κ1) is 21.2. The number of rotatable bonds is 5. The van der Waals surface area contributed by atoms with Crippen LogP contribution < -0.4 is 10.2 Å². The molecule has 0 saturated carbocycles. The normalized spacial score (nSPS) is 14.1. The summed E-state index contributed by atoms with van der Waals surface area (Å²) >= 11 is 0. The van der Waals surface area contributed by atoms with Gasteiger partial charge in [-0.3, -0.25) is 4.79 Å². The van der Waals surface area contributed by atoms with Gasteiger partial charge in [0.15, 0.2) is 5.76 Å². The zero-order chi connectivity index (χ0) is 22.7. The number of nitrogens with one attached hydrogen (secondary N) is 1. The molecule has 9 nitrogen and oxygen atoms in total. The highest BCUT2D eigenvalue weighted by atomic mass is 16.5. The number of ether oxygens (including phenoxy) is 1. The number of furan rings is 1. The number of anilines is 2. The Labute approximate surface area is 184 Å². The van der Waals surface area contributed by atoms with E-state index in [1.165, 1.54) is 13.4 Å². The average Bonchev–Trinajstić information content (AvgIpc) is 3.49. The molecule has 2 aromatic heterocycles. The lowest BCUT2D eigenvalue weighted by atomic mass is 9.95. The van der Waals surface area contributed by atoms with Gasteiger partial charge in [0.2, 0.25) is 17.5 Å². The van der Waals surface area contributed by atoms with Crippen molar-refractivity contribution in [2.24, 2.45) is 5.92 Å². The number of aromatic nitrogens is 1. The van der Waals surface area contributed by atoms with E-state index in [0.717, 1.165) is 5.56 Å². The first-order valence-electron chi connectivity index (χ1n) is 10.2. The summed E-state index contributed by atoms with van der Waals surface area (Å²) in [4.78, 5) is 31.0. The second-order valence-corrected chi connectivity index (χ2v) is 7.55. The van der Waals surface area contributed by atoms with Gasteiger partial charge in [0.05, 0.1) is 24.6 Å². The molecule has 0 radical (unpaired) electrons. The lowest BCUT2D eigenvalue weighted by Crippen LogP contribution is -2.38. The number of benzene rings is 1. The third kappa shape index (κ3) is 4.21. The lowest BCUT2D eigenvalue weighted by molar-refractivity contribution is -0.120. The van der Waals surface area contributed by atoms with Crippen LogP contribution in [-0.4, -0.2) is 37.1 Å². The van der Waals surface area contributed by atoms with E-state index in [-0.39, 0.29) is 23.4 Å². The van der Waals surface area contributed by atoms with Gasteiger partial charge >= 0.3 is 5.97 Å². The fraction of sp³-hybridized carbons (Fsp3) is 0.304. The number of amides is 1. The number of hydrogen-bond donors (Lipinski definition) is 1. The van der Waals surface area contributed by atoms with Crippen LogP contribution in [0.25, 0.3) is 11.7 Å². The van der Waals surface area contributed by atoms with E-state index in [0.29, 0.717) is 48.8 Å². The van der Waals surface area contributed by atoms with E-state index in [1.807, 2.05) is 17.9 Å². The van der Waals surface area contributed by atoms with Crippen LogP contribution in [0.1, 0.15) is 34.5 Å². The number of carbonyl (C=O) groups excluding carboxylic acids is 2. The summed E-state index contributed by atoms with van der Waals surface area (Å²) in [5, 5.41) is 12.3. The molecule has 1 N–H and O–H groups in total. The Morgan fingerprint density at radius 1 is 1.28 bits per heavy atom. The molecule has 1 aromatic carbocycles. The predicted octanol–water partition coefficient (Wildman–Crippen LogP) is 3.76. The Kier molecular flexibility index (Phi) is 5.94. The van der Waals surface area contributed by atoms with E-state index >= 15 is 0 Å². The second kappa shape index (κ2) is 8.98. The van der Waals surface area contributed by atoms with Crippen molar-refractivity contribution in [3.63, 3.8) is 0 Å². The summed E-state index contributed by atoms with van der Waals surface area (Å²) in [5.74, 6) is 0.173. The van der Waals surface area contributed by atoms with Crippen molar-refractivity contribution in [2.75, 3.05) is 30.4 Å². The highest BCUT2D eigenvalue weighted by Gasteiger charge is 2.30. The van der Waals surface area contributed by atoms with Crippen LogP contribution in [0.15, 0.2) is 45.4 Å². The first-order chi connectivity index (χ1) is 15.5. The molecule has 0 unspecified atom stereocenters. The molecule has 164 valence electrons. The van der Waals surface area contributed by atoms with Crippen LogP contribution in [0.3, 0.4) is 0 Å². The molecule has 0 atom stereocenters. The molecule has 1 fully saturated rings. The van der Waals surface area contributed by atoms with Crippen LogP contribution in [0, 0.1) is 24.2 Å². The van der Waals surface area contributed by atoms with Crippen molar-refractivity contribution in [3.8, 4) is 17.7 Å². The van der Waals surface area contributed by atoms with Crippen molar-refractivity contribution in [1.82, 2.24) is 4.98 Å². The predicted molar refractivity (Wildman–Crippen MR) is 115 cm³/mol. The minimum Gasteiger partial charge on any atom is -0.465 e. The van der Waals surface area contributed by atoms with E-state index in [2.05, 4.69) is 16.4 Å². The van der Waals surface area contributed by atoms with Crippen LogP contribution in [0.4, 0.5) is 11.6 Å². The number of aryl methyl sites for hydroxylation is 1. The Morgan fingerprint density at radius 2 is 2.06 bits per heavy atom. The number of carbonyl (C=O) groups is 2. The van der Waals surface area contributed by atoms with Gasteiger partial charge in [-0.25, -0.2) is 4.79 Å². The fourth-order valence-electron chi connectivity index (χ4n) is 3.73. The summed E-state index contributed by atoms with van der Waals surface area (Å²) in [5.41, 5.74) is 1.83. The Bertz CT molecular complexity index is 1170. The van der Waals surface area contributed by atoms with Crippen molar-refractivity contribution in [2.45, 2.75) is 19.8 Å². The molecule has 3 aromatic rings. The largest absolute Gasteiger partial charge is 0.465 e. The number of methoxy groups -OCH3 is 1. The highest BCUT2D eigenvalue weighted by Crippen LogP contribution is 2.31. The second-order valence-electron chi connectivity index (χ2n) is 7.55. The maximum atomic E-state index is 12.9. The van der Waals surface area contributed by atoms with E-state index in [4.69, 9.17) is 13.6 Å². The molecule has 0 bridgehead atoms. The molecule has 4 rings (SSSR count). The Morgan fingerprint density at radius 3 is 2.72 bits per heavy atom. The summed E-state index contributed by atoms with van der Waals surface area (Å²) in [6.45, 7) is 2.92. The molecule has 1 amide bonds. The van der Waals surface area contributed by atoms with Gasteiger partial charge in [0.1, 0.15) is 6.07 Å². The van der Waals surface area contributed by atoms with Crippen molar-refractivity contribution >= 4 is 23.4 Å². The lowest BCUT2D eigenvalue weighted by Gasteiger charge is -2.31. The van der Waals surface area contributed by atoms with Crippen molar-refractivity contribution in [1.29, 1.82) is 5.26 Å². The van der Waals surface area contributed by atoms with Crippen LogP contribution >= 0.6 is 0 Å². The SMILES string of the molecule is COC(=O)c1cc(C)ccc1NC(=O)C1CCN(c2oc(-c3ccco3)nc2C#N)CC1. The number of esters is 1. The number of oxazole rings is 1. The van der Waals surface area contributed by atoms with Crippen molar-refractivity contribution < 1.29 is 23.2 Å². The fourth-order valence-corrected chi connectivity index (χ4v) is 3.73. The Hall–Kier alpha value is -4.06. The van der Waals surface area contributed by atoms with Gasteiger partial charge in [-0.05, 0) is 44.0 Å². The molecule has 1 saturated heterocycles. The number of nitrogens with zero attached hydrogens (tertiary/aromatic N) is 3. The van der Waals surface area contributed by atoms with Crippen LogP contribution in [0.5, 0.6) is 0 Å². The summed E-state index contributed by atoms with van der Waals surface area (Å²) in [6.07, 6.45) is 2.63. The number of piperidine rings is 1. The molecule has 3 heterocycles. The van der Waals surface area contributed by atoms with Gasteiger partial charge in [0, 0.05) is 19.0 Å². The summed E-state index contributed by atoms with van der Waals surface area (Å²) < 4.78 is 15.9. The van der Waals surface area contributed by atoms with Crippen LogP contribution in [-0.2, 0) is 9.53 Å². The topological polar surface area (TPSA) is 122 Å². The van der Waals surface area contributed by atoms with Gasteiger partial charge in [0.25, 0.3) is 5.89 Å². The number of hydrogen-bond acceptors (Lipinski definition) is 8. The van der Waals surface area contributed by atoms with Gasteiger partial charge < -0.3 is 23.8 Å². The molecular formula is C23H22N4O5. The third-order valence-electron chi connectivity index (χ3n) is 5.44. The summed E-state index contributed by atoms with van der Waals surface area (Å²) in [7, 11) is 1.31. The quantitative estimate of drug-likeness (QED) is 0.603. The van der Waals surface area contributed by atoms with Crippen molar-refractivity contribution in [3.05, 3.63) is 53.4 Å². The minimum atomic E-state index is -0.500. The standard InChI is InChI=1S/C23H22N4O5/c1-14-5-6-17(16(12-14)23(29)30-2)25-20(28)15-7-9-27(10-8-15)22-18(13-24)26-21(32-22)19-4-3-11-31-19/h3-6,11-12,15H,7-10H2,1-2H3,(H,25,28). The molecule has 0 spiro atoms. The van der Waals surface area contributed by atoms with E-state index in [9.17, 15) is 14.9 Å². The zero-order valence-corrected chi connectivity index (χ0v) is 17.8. The minimum absolute atomic E-state index is 0.159. The summed E-state index contributed by atoms with van der Waals surface area (Å²) in [6, 6.07) is 10.7. The molecule has 1 aliphatic rings. The third-order valence-corrected chi connectivity index (χ3v) is 5.44. The zero-order valence-electron chi connectivity index (χ0n) is 17.8. The van der Waals surface area contributed by atoms with Gasteiger partial charge in [-0.15, -0.1) is 0 Å². The molecule has 32 heavy (non-hydrogen) atoms. The monoisotopic (exact) mass is 434 g/mol. The van der Waals surface area contributed by atoms with Gasteiger partial charge in [-0.1, -0.05) is 11.6 Å². The molecule has 9 heteroatoms.